The average molecular weight is 479 g/mol. The van der Waals surface area contributed by atoms with E-state index in [2.05, 4.69) is 29.6 Å². The number of carbonyl (C=O) groups is 2. The molecule has 0 unspecified atom stereocenters. The number of carbonyl (C=O) groups excluding carboxylic acids is 2. The predicted molar refractivity (Wildman–Crippen MR) is 141 cm³/mol. The maximum atomic E-state index is 14.0. The fourth-order valence-corrected chi connectivity index (χ4v) is 5.58. The van der Waals surface area contributed by atoms with Crippen molar-refractivity contribution in [3.05, 3.63) is 101 Å². The molecule has 182 valence electrons. The van der Waals surface area contributed by atoms with Crippen molar-refractivity contribution in [1.29, 1.82) is 0 Å². The summed E-state index contributed by atoms with van der Waals surface area (Å²) in [6, 6.07) is 23.7. The monoisotopic (exact) mass is 478 g/mol. The van der Waals surface area contributed by atoms with Gasteiger partial charge in [-0.05, 0) is 73.1 Å². The molecule has 5 nitrogen and oxygen atoms in total. The molecule has 1 fully saturated rings. The van der Waals surface area contributed by atoms with E-state index in [0.717, 1.165) is 53.2 Å². The molecular weight excluding hydrogens is 448 g/mol. The number of aryl methyl sites for hydroxylation is 1. The number of ketones is 1. The summed E-state index contributed by atoms with van der Waals surface area (Å²) in [5, 5.41) is 3.63. The highest BCUT2D eigenvalue weighted by atomic mass is 16.5. The molecule has 6 rings (SSSR count). The molecule has 3 aliphatic rings. The summed E-state index contributed by atoms with van der Waals surface area (Å²) in [4.78, 5) is 29.8. The Labute approximate surface area is 211 Å². The van der Waals surface area contributed by atoms with E-state index in [4.69, 9.17) is 4.74 Å². The van der Waals surface area contributed by atoms with Crippen molar-refractivity contribution in [3.63, 3.8) is 0 Å². The Hall–Kier alpha value is -3.86. The second kappa shape index (κ2) is 8.98. The van der Waals surface area contributed by atoms with Gasteiger partial charge in [-0.15, -0.1) is 0 Å². The van der Waals surface area contributed by atoms with Crippen molar-refractivity contribution >= 4 is 23.1 Å². The van der Waals surface area contributed by atoms with Gasteiger partial charge >= 0.3 is 0 Å². The summed E-state index contributed by atoms with van der Waals surface area (Å²) in [6.07, 6.45) is 2.94. The number of methoxy groups -OCH3 is 1. The standard InChI is InChI=1S/C31H30N2O3/c1-19-8-15-25-27(16-19)33(31(35)22-9-10-22)30(21-11-13-24(36-2)14-12-21)29-26(32-25)17-23(18-28(29)34)20-6-4-3-5-7-20/h3-8,11-16,22-23,30,32H,9-10,17-18H2,1-2H3/t23-,30-/m1/s1. The Balaban J connectivity index is 1.55. The number of fused-ring (bicyclic) bond motifs is 1. The summed E-state index contributed by atoms with van der Waals surface area (Å²) in [6.45, 7) is 2.04. The number of hydrogen-bond donors (Lipinski definition) is 1. The van der Waals surface area contributed by atoms with E-state index in [1.165, 1.54) is 5.56 Å². The zero-order chi connectivity index (χ0) is 24.8. The molecule has 1 N–H and O–H groups in total. The van der Waals surface area contributed by atoms with E-state index in [1.54, 1.807) is 7.11 Å². The highest BCUT2D eigenvalue weighted by molar-refractivity contribution is 6.07. The number of Topliss-reactive ketones (excluding diaryl/α,β-unsaturated/α-hetero) is 1. The van der Waals surface area contributed by atoms with E-state index in [1.807, 2.05) is 60.4 Å². The zero-order valence-electron chi connectivity index (χ0n) is 20.7. The lowest BCUT2D eigenvalue weighted by Gasteiger charge is -2.35. The van der Waals surface area contributed by atoms with Crippen LogP contribution in [0.1, 0.15) is 54.3 Å². The number of nitrogens with one attached hydrogen (secondary N) is 1. The molecular formula is C31H30N2O3. The first-order chi connectivity index (χ1) is 17.5. The zero-order valence-corrected chi connectivity index (χ0v) is 20.7. The van der Waals surface area contributed by atoms with E-state index in [9.17, 15) is 9.59 Å². The lowest BCUT2D eigenvalue weighted by molar-refractivity contribution is -0.120. The van der Waals surface area contributed by atoms with Crippen LogP contribution in [0, 0.1) is 12.8 Å². The minimum absolute atomic E-state index is 0.0111. The molecule has 2 atom stereocenters. The van der Waals surface area contributed by atoms with Crippen molar-refractivity contribution in [1.82, 2.24) is 0 Å². The molecule has 3 aromatic carbocycles. The van der Waals surface area contributed by atoms with E-state index >= 15 is 0 Å². The van der Waals surface area contributed by atoms with Gasteiger partial charge in [0.15, 0.2) is 5.78 Å². The topological polar surface area (TPSA) is 58.6 Å². The maximum Gasteiger partial charge on any atom is 0.231 e. The molecule has 2 aliphatic carbocycles. The average Bonchev–Trinajstić information content (AvgIpc) is 3.75. The lowest BCUT2D eigenvalue weighted by Crippen LogP contribution is -2.39. The Morgan fingerprint density at radius 1 is 0.944 bits per heavy atom. The van der Waals surface area contributed by atoms with Crippen LogP contribution >= 0.6 is 0 Å². The Morgan fingerprint density at radius 3 is 2.39 bits per heavy atom. The lowest BCUT2D eigenvalue weighted by atomic mass is 9.78. The number of amides is 1. The third-order valence-corrected chi connectivity index (χ3v) is 7.60. The van der Waals surface area contributed by atoms with Crippen LogP contribution in [0.5, 0.6) is 5.75 Å². The number of rotatable bonds is 4. The van der Waals surface area contributed by atoms with Crippen LogP contribution in [0.3, 0.4) is 0 Å². The number of nitrogens with zero attached hydrogens (tertiary/aromatic N) is 1. The summed E-state index contributed by atoms with van der Waals surface area (Å²) in [5.74, 6) is 1.04. The Bertz CT molecular complexity index is 1360. The van der Waals surface area contributed by atoms with Crippen molar-refractivity contribution < 1.29 is 14.3 Å². The van der Waals surface area contributed by atoms with Crippen LogP contribution in [0.25, 0.3) is 0 Å². The highest BCUT2D eigenvalue weighted by Gasteiger charge is 2.45. The predicted octanol–water partition coefficient (Wildman–Crippen LogP) is 6.31. The minimum atomic E-state index is -0.487. The van der Waals surface area contributed by atoms with Crippen molar-refractivity contribution in [3.8, 4) is 5.75 Å². The first kappa shape index (κ1) is 22.6. The van der Waals surface area contributed by atoms with Crippen LogP contribution in [0.4, 0.5) is 11.4 Å². The van der Waals surface area contributed by atoms with Gasteiger partial charge in [-0.1, -0.05) is 48.5 Å². The first-order valence-corrected chi connectivity index (χ1v) is 12.7. The van der Waals surface area contributed by atoms with Gasteiger partial charge in [0.05, 0.1) is 24.5 Å². The van der Waals surface area contributed by atoms with Crippen molar-refractivity contribution in [2.45, 2.75) is 44.6 Å². The molecule has 1 amide bonds. The van der Waals surface area contributed by atoms with Gasteiger partial charge in [0.2, 0.25) is 5.91 Å². The molecule has 3 aromatic rings. The van der Waals surface area contributed by atoms with E-state index in [-0.39, 0.29) is 23.5 Å². The Kier molecular flexibility index (Phi) is 5.63. The van der Waals surface area contributed by atoms with E-state index < -0.39 is 6.04 Å². The van der Waals surface area contributed by atoms with Crippen molar-refractivity contribution in [2.24, 2.45) is 5.92 Å². The second-order valence-electron chi connectivity index (χ2n) is 10.1. The van der Waals surface area contributed by atoms with Crippen LogP contribution < -0.4 is 15.0 Å². The van der Waals surface area contributed by atoms with Gasteiger partial charge in [0, 0.05) is 23.6 Å². The third-order valence-electron chi connectivity index (χ3n) is 7.60. The molecule has 5 heteroatoms. The molecule has 1 aliphatic heterocycles. The molecule has 0 saturated heterocycles. The largest absolute Gasteiger partial charge is 0.497 e. The first-order valence-electron chi connectivity index (χ1n) is 12.7. The summed E-state index contributed by atoms with van der Waals surface area (Å²) in [7, 11) is 1.64. The molecule has 0 radical (unpaired) electrons. The number of ether oxygens (including phenoxy) is 1. The summed E-state index contributed by atoms with van der Waals surface area (Å²) < 4.78 is 5.39. The van der Waals surface area contributed by atoms with Gasteiger partial charge in [0.1, 0.15) is 5.75 Å². The van der Waals surface area contributed by atoms with Crippen molar-refractivity contribution in [2.75, 3.05) is 17.3 Å². The van der Waals surface area contributed by atoms with Crippen LogP contribution in [0.15, 0.2) is 84.1 Å². The second-order valence-corrected chi connectivity index (χ2v) is 10.1. The highest BCUT2D eigenvalue weighted by Crippen LogP contribution is 2.49. The summed E-state index contributed by atoms with van der Waals surface area (Å²) in [5.41, 5.74) is 6.49. The van der Waals surface area contributed by atoms with Gasteiger partial charge in [-0.25, -0.2) is 0 Å². The minimum Gasteiger partial charge on any atom is -0.497 e. The number of hydrogen-bond acceptors (Lipinski definition) is 4. The molecule has 1 heterocycles. The fraction of sp³-hybridized carbons (Fsp3) is 0.290. The van der Waals surface area contributed by atoms with Gasteiger partial charge < -0.3 is 10.1 Å². The molecule has 0 bridgehead atoms. The SMILES string of the molecule is COc1ccc([C@@H]2C3=C(C[C@@H](c4ccccc4)CC3=O)Nc3ccc(C)cc3N2C(=O)C2CC2)cc1. The summed E-state index contributed by atoms with van der Waals surface area (Å²) >= 11 is 0. The van der Waals surface area contributed by atoms with Gasteiger partial charge in [-0.2, -0.15) is 0 Å². The third kappa shape index (κ3) is 3.98. The normalized spacial score (nSPS) is 21.3. The maximum absolute atomic E-state index is 14.0. The molecule has 0 spiro atoms. The van der Waals surface area contributed by atoms with E-state index in [0.29, 0.717) is 12.0 Å². The van der Waals surface area contributed by atoms with Gasteiger partial charge in [-0.3, -0.25) is 14.5 Å². The molecule has 1 saturated carbocycles. The number of anilines is 2. The molecule has 36 heavy (non-hydrogen) atoms. The number of benzene rings is 3. The van der Waals surface area contributed by atoms with Crippen LogP contribution in [-0.2, 0) is 9.59 Å². The van der Waals surface area contributed by atoms with Crippen LogP contribution in [-0.4, -0.2) is 18.8 Å². The van der Waals surface area contributed by atoms with Gasteiger partial charge in [0.25, 0.3) is 0 Å². The smallest absolute Gasteiger partial charge is 0.231 e. The fourth-order valence-electron chi connectivity index (χ4n) is 5.58. The van der Waals surface area contributed by atoms with Crippen LogP contribution in [0.2, 0.25) is 0 Å². The quantitative estimate of drug-likeness (QED) is 0.477. The number of allylic oxidation sites excluding steroid dienone is 1. The Morgan fingerprint density at radius 2 is 1.69 bits per heavy atom. The molecule has 0 aromatic heterocycles.